The molecule has 0 aliphatic heterocycles. The minimum Gasteiger partial charge on any atom is -0.141 e. The van der Waals surface area contributed by atoms with Crippen LogP contribution in [-0.2, 0) is 6.42 Å². The van der Waals surface area contributed by atoms with Crippen LogP contribution in [-0.4, -0.2) is 0 Å². The highest BCUT2D eigenvalue weighted by Crippen LogP contribution is 2.39. The van der Waals surface area contributed by atoms with Gasteiger partial charge in [0.05, 0.1) is 0 Å². The molecule has 102 valence electrons. The summed E-state index contributed by atoms with van der Waals surface area (Å²) in [5.74, 6) is 0. The number of allylic oxidation sites excluding steroid dienone is 1. The van der Waals surface area contributed by atoms with Crippen molar-refractivity contribution in [1.29, 1.82) is 0 Å². The predicted octanol–water partition coefficient (Wildman–Crippen LogP) is 5.82. The summed E-state index contributed by atoms with van der Waals surface area (Å²) in [5, 5.41) is 0. The van der Waals surface area contributed by atoms with Crippen molar-refractivity contribution in [3.63, 3.8) is 0 Å². The zero-order chi connectivity index (χ0) is 14.2. The summed E-state index contributed by atoms with van der Waals surface area (Å²) >= 11 is 1.89. The molecule has 21 heavy (non-hydrogen) atoms. The second kappa shape index (κ2) is 5.01. The van der Waals surface area contributed by atoms with Gasteiger partial charge >= 0.3 is 0 Å². The normalized spacial score (nSPS) is 13.1. The number of fused-ring (bicyclic) bond motifs is 1. The van der Waals surface area contributed by atoms with Gasteiger partial charge < -0.3 is 0 Å². The van der Waals surface area contributed by atoms with Crippen LogP contribution in [0.5, 0.6) is 0 Å². The third-order valence-corrected chi connectivity index (χ3v) is 5.11. The molecule has 0 atom stereocenters. The van der Waals surface area contributed by atoms with Gasteiger partial charge in [-0.25, -0.2) is 0 Å². The summed E-state index contributed by atoms with van der Waals surface area (Å²) in [5.41, 5.74) is 6.93. The minimum absolute atomic E-state index is 1.05. The van der Waals surface area contributed by atoms with Crippen LogP contribution in [0.25, 0.3) is 22.8 Å². The highest BCUT2D eigenvalue weighted by atomic mass is 32.1. The minimum atomic E-state index is 1.05. The molecule has 0 nitrogen and oxygen atoms in total. The Kier molecular flexibility index (Phi) is 3.01. The number of thiophene rings is 1. The molecule has 3 aromatic rings. The average molecular weight is 288 g/mol. The van der Waals surface area contributed by atoms with Gasteiger partial charge in [0.15, 0.2) is 0 Å². The van der Waals surface area contributed by atoms with Crippen LogP contribution in [0.2, 0.25) is 0 Å². The largest absolute Gasteiger partial charge is 0.141 e. The molecule has 1 aromatic heterocycles. The van der Waals surface area contributed by atoms with E-state index in [0.29, 0.717) is 0 Å². The van der Waals surface area contributed by atoms with E-state index < -0.39 is 0 Å². The van der Waals surface area contributed by atoms with E-state index in [-0.39, 0.29) is 0 Å². The topological polar surface area (TPSA) is 0 Å². The van der Waals surface area contributed by atoms with E-state index in [1.54, 1.807) is 0 Å². The molecule has 0 radical (unpaired) electrons. The second-order valence-electron chi connectivity index (χ2n) is 5.50. The van der Waals surface area contributed by atoms with Crippen LogP contribution in [0.1, 0.15) is 20.9 Å². The maximum absolute atomic E-state index is 2.38. The highest BCUT2D eigenvalue weighted by Gasteiger charge is 2.18. The molecule has 2 aromatic carbocycles. The lowest BCUT2D eigenvalue weighted by Crippen LogP contribution is -1.86. The van der Waals surface area contributed by atoms with Crippen molar-refractivity contribution in [3.8, 4) is 11.1 Å². The van der Waals surface area contributed by atoms with Crippen LogP contribution < -0.4 is 0 Å². The lowest BCUT2D eigenvalue weighted by Gasteiger charge is -2.07. The number of hydrogen-bond donors (Lipinski definition) is 0. The Hall–Kier alpha value is -2.12. The Bertz CT molecular complexity index is 822. The van der Waals surface area contributed by atoms with Crippen molar-refractivity contribution in [1.82, 2.24) is 0 Å². The zero-order valence-electron chi connectivity index (χ0n) is 12.0. The molecule has 1 heterocycles. The second-order valence-corrected chi connectivity index (χ2v) is 6.79. The van der Waals surface area contributed by atoms with Crippen molar-refractivity contribution < 1.29 is 0 Å². The van der Waals surface area contributed by atoms with Gasteiger partial charge in [0.25, 0.3) is 0 Å². The van der Waals surface area contributed by atoms with Gasteiger partial charge in [-0.2, -0.15) is 0 Å². The molecule has 0 saturated heterocycles. The van der Waals surface area contributed by atoms with Gasteiger partial charge in [-0.1, -0.05) is 48.5 Å². The van der Waals surface area contributed by atoms with E-state index in [4.69, 9.17) is 0 Å². The van der Waals surface area contributed by atoms with Gasteiger partial charge in [-0.15, -0.1) is 11.3 Å². The third kappa shape index (κ3) is 2.24. The quantitative estimate of drug-likeness (QED) is 0.557. The number of hydrogen-bond acceptors (Lipinski definition) is 1. The monoisotopic (exact) mass is 288 g/mol. The molecular weight excluding hydrogens is 272 g/mol. The number of rotatable bonds is 2. The molecule has 0 fully saturated rings. The van der Waals surface area contributed by atoms with Gasteiger partial charge in [0.1, 0.15) is 0 Å². The maximum atomic E-state index is 2.38. The number of benzene rings is 2. The molecule has 4 rings (SSSR count). The third-order valence-electron chi connectivity index (χ3n) is 4.04. The lowest BCUT2D eigenvalue weighted by atomic mass is 9.97. The summed E-state index contributed by atoms with van der Waals surface area (Å²) in [6.07, 6.45) is 3.43. The Balaban J connectivity index is 1.82. The smallest absolute Gasteiger partial charge is 0.0308 e. The lowest BCUT2D eigenvalue weighted by molar-refractivity contribution is 1.33. The van der Waals surface area contributed by atoms with E-state index in [1.165, 1.54) is 37.6 Å². The maximum Gasteiger partial charge on any atom is 0.0308 e. The predicted molar refractivity (Wildman–Crippen MR) is 92.5 cm³/mol. The first-order valence-electron chi connectivity index (χ1n) is 7.26. The molecule has 0 saturated carbocycles. The fourth-order valence-corrected chi connectivity index (χ4v) is 3.88. The Morgan fingerprint density at radius 1 is 0.857 bits per heavy atom. The van der Waals surface area contributed by atoms with Crippen molar-refractivity contribution >= 4 is 23.0 Å². The molecule has 0 amide bonds. The van der Waals surface area contributed by atoms with E-state index in [1.807, 2.05) is 11.3 Å². The van der Waals surface area contributed by atoms with Crippen molar-refractivity contribution in [3.05, 3.63) is 81.5 Å². The summed E-state index contributed by atoms with van der Waals surface area (Å²) in [6, 6.07) is 21.8. The van der Waals surface area contributed by atoms with Gasteiger partial charge in [0.2, 0.25) is 0 Å². The fraction of sp³-hybridized carbons (Fsp3) is 0.100. The summed E-state index contributed by atoms with van der Waals surface area (Å²) in [4.78, 5) is 2.79. The SMILES string of the molecule is Cc1ccc(C2=Cc3c(cccc3-c3ccccc3)C2)s1. The summed E-state index contributed by atoms with van der Waals surface area (Å²) in [6.45, 7) is 2.17. The van der Waals surface area contributed by atoms with Crippen molar-refractivity contribution in [2.24, 2.45) is 0 Å². The van der Waals surface area contributed by atoms with Crippen LogP contribution in [0.3, 0.4) is 0 Å². The van der Waals surface area contributed by atoms with E-state index in [2.05, 4.69) is 73.7 Å². The zero-order valence-corrected chi connectivity index (χ0v) is 12.8. The van der Waals surface area contributed by atoms with E-state index >= 15 is 0 Å². The number of aryl methyl sites for hydroxylation is 1. The van der Waals surface area contributed by atoms with E-state index in [9.17, 15) is 0 Å². The van der Waals surface area contributed by atoms with Crippen LogP contribution in [0.4, 0.5) is 0 Å². The van der Waals surface area contributed by atoms with Crippen LogP contribution in [0, 0.1) is 6.92 Å². The summed E-state index contributed by atoms with van der Waals surface area (Å²) < 4.78 is 0. The first-order chi connectivity index (χ1) is 10.3. The summed E-state index contributed by atoms with van der Waals surface area (Å²) in [7, 11) is 0. The molecule has 0 N–H and O–H groups in total. The van der Waals surface area contributed by atoms with Gasteiger partial charge in [-0.3, -0.25) is 0 Å². The van der Waals surface area contributed by atoms with E-state index in [0.717, 1.165) is 6.42 Å². The molecule has 1 aliphatic carbocycles. The molecular formula is C20H16S. The molecule has 0 spiro atoms. The standard InChI is InChI=1S/C20H16S/c1-14-10-11-20(21-14)17-12-16-8-5-9-18(19(16)13-17)15-6-3-2-4-7-15/h2-11,13H,12H2,1H3. The van der Waals surface area contributed by atoms with Gasteiger partial charge in [-0.05, 0) is 59.4 Å². The Labute approximate surface area is 129 Å². The molecule has 0 unspecified atom stereocenters. The molecule has 0 bridgehead atoms. The first-order valence-corrected chi connectivity index (χ1v) is 8.07. The van der Waals surface area contributed by atoms with Crippen molar-refractivity contribution in [2.75, 3.05) is 0 Å². The van der Waals surface area contributed by atoms with Crippen LogP contribution in [0.15, 0.2) is 60.7 Å². The van der Waals surface area contributed by atoms with Crippen molar-refractivity contribution in [2.45, 2.75) is 13.3 Å². The highest BCUT2D eigenvalue weighted by molar-refractivity contribution is 7.13. The fourth-order valence-electron chi connectivity index (χ4n) is 3.00. The molecule has 1 aliphatic rings. The van der Waals surface area contributed by atoms with Crippen LogP contribution >= 0.6 is 11.3 Å². The first kappa shape index (κ1) is 12.6. The van der Waals surface area contributed by atoms with Gasteiger partial charge in [0, 0.05) is 9.75 Å². The Morgan fingerprint density at radius 2 is 1.71 bits per heavy atom. The molecule has 1 heteroatoms. The Morgan fingerprint density at radius 3 is 2.48 bits per heavy atom. The average Bonchev–Trinajstić information content (AvgIpc) is 3.13.